The second-order valence-electron chi connectivity index (χ2n) is 17.1. The minimum absolute atomic E-state index is 0.00571. The van der Waals surface area contributed by atoms with Crippen molar-refractivity contribution in [1.82, 2.24) is 5.06 Å². The number of ether oxygens (including phenoxy) is 4. The molecule has 5 aromatic carbocycles. The Labute approximate surface area is 390 Å². The molecule has 0 spiro atoms. The molecular weight excluding hydrogens is 875 g/mol. The zero-order valence-corrected chi connectivity index (χ0v) is 37.8. The number of methoxy groups -OCH3 is 2. The molecule has 340 valence electrons. The summed E-state index contributed by atoms with van der Waals surface area (Å²) in [7, 11) is 3.04. The monoisotopic (exact) mass is 919 g/mol. The Morgan fingerprint density at radius 2 is 1.42 bits per heavy atom. The van der Waals surface area contributed by atoms with Gasteiger partial charge >= 0.3 is 5.97 Å². The van der Waals surface area contributed by atoms with Gasteiger partial charge in [-0.1, -0.05) is 48.5 Å². The number of benzene rings is 5. The van der Waals surface area contributed by atoms with Gasteiger partial charge in [-0.3, -0.25) is 19.2 Å². The van der Waals surface area contributed by atoms with E-state index in [2.05, 4.69) is 29.2 Å². The highest BCUT2D eigenvalue weighted by atomic mass is 32.2. The van der Waals surface area contributed by atoms with Crippen LogP contribution in [0.2, 0.25) is 0 Å². The first kappa shape index (κ1) is 43.3. The number of hydroxylamine groups is 2. The Bertz CT molecular complexity index is 2950. The molecule has 5 heterocycles. The van der Waals surface area contributed by atoms with Crippen molar-refractivity contribution in [2.75, 3.05) is 41.6 Å². The molecule has 2 atom stereocenters. The standard InChI is InChI=1S/C51H45N5O10S/c1-51-24-34-9-5-7-11-41(34)55(51)50(61)37-21-43(63-3)45(23-39(37)53-29-51)65-26-31-16-30(17-32(18-31)27-67-28-48(59)66-56-46(57)12-13-47(56)58)25-64-44-22-38-36(20-42(44)62-2)49(60)54-35(14-15-52-38)19-33-8-4-6-10-40(33)54/h4-11,14,16-18,20-23,35,53H,12-13,19,24-29H2,1-3H3. The number of thioether (sulfide) groups is 1. The number of nitrogens with zero attached hydrogens (tertiary/aromatic N) is 4. The van der Waals surface area contributed by atoms with Gasteiger partial charge in [-0.25, -0.2) is 9.79 Å². The molecule has 1 saturated heterocycles. The van der Waals surface area contributed by atoms with Gasteiger partial charge in [0.25, 0.3) is 23.6 Å². The number of carbonyl (C=O) groups is 5. The fourth-order valence-electron chi connectivity index (χ4n) is 9.38. The Morgan fingerprint density at radius 1 is 0.776 bits per heavy atom. The second kappa shape index (κ2) is 17.7. The topological polar surface area (TPSA) is 166 Å². The number of amides is 4. The van der Waals surface area contributed by atoms with Crippen molar-refractivity contribution in [3.05, 3.63) is 136 Å². The number of nitrogens with one attached hydrogen (secondary N) is 1. The molecule has 0 radical (unpaired) electrons. The number of aliphatic imine (C=N–C) groups is 1. The van der Waals surface area contributed by atoms with Crippen LogP contribution in [-0.4, -0.2) is 78.6 Å². The summed E-state index contributed by atoms with van der Waals surface area (Å²) in [6.45, 7) is 2.78. The van der Waals surface area contributed by atoms with Crippen LogP contribution in [0.1, 0.15) is 68.3 Å². The van der Waals surface area contributed by atoms with Crippen LogP contribution in [0.25, 0.3) is 0 Å². The zero-order chi connectivity index (χ0) is 46.4. The van der Waals surface area contributed by atoms with Gasteiger partial charge in [0.2, 0.25) is 0 Å². The average Bonchev–Trinajstić information content (AvgIpc) is 3.94. The quantitative estimate of drug-likeness (QED) is 0.116. The maximum Gasteiger partial charge on any atom is 0.343 e. The molecule has 0 saturated carbocycles. The summed E-state index contributed by atoms with van der Waals surface area (Å²) in [5, 5.41) is 4.06. The van der Waals surface area contributed by atoms with Gasteiger partial charge in [0.05, 0.1) is 54.1 Å². The first-order valence-corrected chi connectivity index (χ1v) is 23.0. The highest BCUT2D eigenvalue weighted by molar-refractivity contribution is 7.99. The van der Waals surface area contributed by atoms with Crippen molar-refractivity contribution in [1.29, 1.82) is 0 Å². The minimum atomic E-state index is -0.718. The molecule has 2 unspecified atom stereocenters. The van der Waals surface area contributed by atoms with Crippen molar-refractivity contribution < 1.29 is 47.8 Å². The molecule has 0 aliphatic carbocycles. The molecule has 67 heavy (non-hydrogen) atoms. The lowest BCUT2D eigenvalue weighted by atomic mass is 9.96. The van der Waals surface area contributed by atoms with Crippen molar-refractivity contribution in [3.63, 3.8) is 0 Å². The van der Waals surface area contributed by atoms with Crippen LogP contribution in [0.15, 0.2) is 102 Å². The maximum atomic E-state index is 14.2. The van der Waals surface area contributed by atoms with Crippen LogP contribution in [0.4, 0.5) is 22.7 Å². The van der Waals surface area contributed by atoms with Crippen LogP contribution < -0.4 is 34.1 Å². The number of rotatable bonds is 13. The predicted molar refractivity (Wildman–Crippen MR) is 251 cm³/mol. The molecule has 0 aromatic heterocycles. The zero-order valence-electron chi connectivity index (χ0n) is 37.0. The molecule has 15 nitrogen and oxygen atoms in total. The maximum absolute atomic E-state index is 14.2. The summed E-state index contributed by atoms with van der Waals surface area (Å²) in [5.41, 5.74) is 7.67. The van der Waals surface area contributed by atoms with E-state index in [0.29, 0.717) is 69.3 Å². The molecule has 16 heteroatoms. The van der Waals surface area contributed by atoms with Gasteiger partial charge in [-0.2, -0.15) is 0 Å². The van der Waals surface area contributed by atoms with Crippen molar-refractivity contribution >= 4 is 70.0 Å². The molecule has 1 N–H and O–H groups in total. The fourth-order valence-corrected chi connectivity index (χ4v) is 10.1. The highest BCUT2D eigenvalue weighted by Crippen LogP contribution is 2.45. The normalized spacial score (nSPS) is 18.7. The summed E-state index contributed by atoms with van der Waals surface area (Å²) in [6, 6.07) is 28.3. The predicted octanol–water partition coefficient (Wildman–Crippen LogP) is 7.53. The number of anilines is 3. The number of carbonyl (C=O) groups excluding carboxylic acids is 5. The van der Waals surface area contributed by atoms with E-state index in [1.807, 2.05) is 71.6 Å². The fraction of sp³-hybridized carbons (Fsp3) is 0.275. The number of hydrogen-bond acceptors (Lipinski definition) is 13. The van der Waals surface area contributed by atoms with E-state index in [1.165, 1.54) is 26.0 Å². The van der Waals surface area contributed by atoms with E-state index in [1.54, 1.807) is 29.2 Å². The van der Waals surface area contributed by atoms with Crippen molar-refractivity contribution in [2.45, 2.75) is 63.2 Å². The van der Waals surface area contributed by atoms with Gasteiger partial charge in [-0.05, 0) is 83.8 Å². The number of hydrogen-bond donors (Lipinski definition) is 1. The van der Waals surface area contributed by atoms with Gasteiger partial charge in [0.1, 0.15) is 13.2 Å². The summed E-state index contributed by atoms with van der Waals surface area (Å²) >= 11 is 1.25. The summed E-state index contributed by atoms with van der Waals surface area (Å²) in [5.74, 6) is 2.67. The summed E-state index contributed by atoms with van der Waals surface area (Å²) in [4.78, 5) is 78.4. The van der Waals surface area contributed by atoms with E-state index in [4.69, 9.17) is 23.8 Å². The highest BCUT2D eigenvalue weighted by Gasteiger charge is 2.46. The first-order chi connectivity index (χ1) is 32.5. The van der Waals surface area contributed by atoms with E-state index in [9.17, 15) is 24.0 Å². The van der Waals surface area contributed by atoms with E-state index in [0.717, 1.165) is 45.6 Å². The van der Waals surface area contributed by atoms with Crippen molar-refractivity contribution in [3.8, 4) is 23.0 Å². The summed E-state index contributed by atoms with van der Waals surface area (Å²) in [6.07, 6.45) is 3.20. The average molecular weight is 920 g/mol. The van der Waals surface area contributed by atoms with Crippen molar-refractivity contribution in [2.24, 2.45) is 4.99 Å². The van der Waals surface area contributed by atoms with Crippen LogP contribution in [-0.2, 0) is 51.0 Å². The summed E-state index contributed by atoms with van der Waals surface area (Å²) < 4.78 is 24.5. The molecule has 10 rings (SSSR count). The van der Waals surface area contributed by atoms with Crippen LogP contribution in [0.5, 0.6) is 23.0 Å². The molecule has 5 aliphatic rings. The first-order valence-electron chi connectivity index (χ1n) is 21.8. The van der Waals surface area contributed by atoms with E-state index < -0.39 is 23.3 Å². The second-order valence-corrected chi connectivity index (χ2v) is 18.1. The Hall–Kier alpha value is -7.55. The number of para-hydroxylation sites is 2. The molecule has 5 aliphatic heterocycles. The molecular formula is C51H45N5O10S. The third-order valence-corrected chi connectivity index (χ3v) is 13.5. The van der Waals surface area contributed by atoms with Gasteiger partial charge < -0.3 is 38.9 Å². The Balaban J connectivity index is 0.902. The lowest BCUT2D eigenvalue weighted by molar-refractivity contribution is -0.195. The molecule has 0 bridgehead atoms. The van der Waals surface area contributed by atoms with Crippen LogP contribution >= 0.6 is 11.8 Å². The Kier molecular flexibility index (Phi) is 11.4. The largest absolute Gasteiger partial charge is 0.493 e. The smallest absolute Gasteiger partial charge is 0.343 e. The minimum Gasteiger partial charge on any atom is -0.493 e. The lowest BCUT2D eigenvalue weighted by Crippen LogP contribution is -2.50. The van der Waals surface area contributed by atoms with Crippen LogP contribution in [0, 0.1) is 0 Å². The lowest BCUT2D eigenvalue weighted by Gasteiger charge is -2.33. The SMILES string of the molecule is COc1cc2c(cc1OCc1cc(COc3cc4c(cc3OC)C(=O)N3c5ccccc5CC3(C)CN4)cc(CSCC(=O)ON3C(=O)CCC3=O)c1)N=C=CC1Cc3ccccc3N1C2=O. The Morgan fingerprint density at radius 3 is 2.13 bits per heavy atom. The number of imide groups is 1. The third-order valence-electron chi connectivity index (χ3n) is 12.5. The molecule has 5 aromatic rings. The van der Waals surface area contributed by atoms with E-state index in [-0.39, 0.29) is 49.7 Å². The third kappa shape index (κ3) is 8.23. The van der Waals surface area contributed by atoms with Gasteiger partial charge in [-0.15, -0.1) is 16.8 Å². The van der Waals surface area contributed by atoms with Gasteiger partial charge in [0, 0.05) is 54.7 Å². The molecule has 4 amide bonds. The number of fused-ring (bicyclic) bond motifs is 8. The van der Waals surface area contributed by atoms with Crippen LogP contribution in [0.3, 0.4) is 0 Å². The van der Waals surface area contributed by atoms with Gasteiger partial charge in [0.15, 0.2) is 23.0 Å². The molecule has 1 fully saturated rings. The van der Waals surface area contributed by atoms with E-state index >= 15 is 0 Å².